The van der Waals surface area contributed by atoms with Gasteiger partial charge < -0.3 is 20.3 Å². The van der Waals surface area contributed by atoms with E-state index in [-0.39, 0.29) is 11.9 Å². The molecule has 6 heteroatoms. The minimum absolute atomic E-state index is 0.0456. The van der Waals surface area contributed by atoms with E-state index in [1.165, 1.54) is 0 Å². The van der Waals surface area contributed by atoms with Crippen LogP contribution in [-0.2, 0) is 9.53 Å². The highest BCUT2D eigenvalue weighted by Gasteiger charge is 2.33. The predicted octanol–water partition coefficient (Wildman–Crippen LogP) is 1.96. The summed E-state index contributed by atoms with van der Waals surface area (Å²) in [5.74, 6) is 0.0456. The third-order valence-corrected chi connectivity index (χ3v) is 4.76. The first kappa shape index (κ1) is 16.9. The van der Waals surface area contributed by atoms with Crippen LogP contribution in [0.25, 0.3) is 0 Å². The zero-order chi connectivity index (χ0) is 17.3. The van der Waals surface area contributed by atoms with Gasteiger partial charge in [-0.2, -0.15) is 0 Å². The Morgan fingerprint density at radius 2 is 1.96 bits per heavy atom. The number of carbonyl (C=O) groups is 1. The lowest BCUT2D eigenvalue weighted by atomic mass is 9.90. The molecule has 2 aliphatic rings. The van der Waals surface area contributed by atoms with Crippen molar-refractivity contribution in [2.75, 3.05) is 26.3 Å². The van der Waals surface area contributed by atoms with Crippen LogP contribution >= 0.6 is 12.2 Å². The van der Waals surface area contributed by atoms with Crippen LogP contribution in [0.3, 0.4) is 0 Å². The number of morpholine rings is 1. The fourth-order valence-electron chi connectivity index (χ4n) is 3.22. The van der Waals surface area contributed by atoms with Gasteiger partial charge in [0.05, 0.1) is 24.8 Å². The smallest absolute Gasteiger partial charge is 0.254 e. The van der Waals surface area contributed by atoms with Crippen molar-refractivity contribution in [2.24, 2.45) is 0 Å². The number of nitrogens with one attached hydrogen (secondary N) is 2. The fraction of sp³-hybridized carbons (Fsp3) is 0.444. The van der Waals surface area contributed by atoms with Gasteiger partial charge in [0.1, 0.15) is 0 Å². The normalized spacial score (nSPS) is 21.4. The Balaban J connectivity index is 2.01. The summed E-state index contributed by atoms with van der Waals surface area (Å²) in [7, 11) is 0. The number of amides is 1. The van der Waals surface area contributed by atoms with Crippen LogP contribution in [0.5, 0.6) is 0 Å². The van der Waals surface area contributed by atoms with E-state index in [9.17, 15) is 4.79 Å². The van der Waals surface area contributed by atoms with E-state index in [1.54, 1.807) is 0 Å². The highest BCUT2D eigenvalue weighted by atomic mass is 32.1. The summed E-state index contributed by atoms with van der Waals surface area (Å²) >= 11 is 5.33. The third-order valence-electron chi connectivity index (χ3n) is 4.54. The molecule has 0 saturated carbocycles. The molecule has 0 aliphatic carbocycles. The highest BCUT2D eigenvalue weighted by Crippen LogP contribution is 2.31. The first-order chi connectivity index (χ1) is 11.5. The van der Waals surface area contributed by atoms with E-state index in [0.717, 1.165) is 28.0 Å². The monoisotopic (exact) mass is 345 g/mol. The lowest BCUT2D eigenvalue weighted by molar-refractivity contribution is -0.131. The molecule has 1 aromatic carbocycles. The molecule has 1 amide bonds. The van der Waals surface area contributed by atoms with Crippen molar-refractivity contribution in [2.45, 2.75) is 26.8 Å². The average molecular weight is 345 g/mol. The number of hydrogen-bond acceptors (Lipinski definition) is 3. The predicted molar refractivity (Wildman–Crippen MR) is 97.6 cm³/mol. The van der Waals surface area contributed by atoms with Crippen LogP contribution in [0.2, 0.25) is 0 Å². The van der Waals surface area contributed by atoms with Crippen molar-refractivity contribution in [3.63, 3.8) is 0 Å². The van der Waals surface area contributed by atoms with E-state index in [0.29, 0.717) is 31.4 Å². The maximum atomic E-state index is 13.1. The van der Waals surface area contributed by atoms with Crippen LogP contribution in [0.15, 0.2) is 29.5 Å². The molecule has 0 bridgehead atoms. The molecule has 1 atom stereocenters. The van der Waals surface area contributed by atoms with Crippen molar-refractivity contribution in [1.82, 2.24) is 15.5 Å². The second kappa shape index (κ2) is 6.91. The second-order valence-electron chi connectivity index (χ2n) is 6.33. The van der Waals surface area contributed by atoms with E-state index in [4.69, 9.17) is 17.0 Å². The quantitative estimate of drug-likeness (QED) is 0.803. The van der Waals surface area contributed by atoms with Crippen molar-refractivity contribution in [3.05, 3.63) is 46.2 Å². The Kier molecular flexibility index (Phi) is 4.87. The minimum atomic E-state index is -0.228. The fourth-order valence-corrected chi connectivity index (χ4v) is 3.49. The number of thiocarbonyl (C=S) groups is 1. The van der Waals surface area contributed by atoms with E-state index in [2.05, 4.69) is 42.7 Å². The van der Waals surface area contributed by atoms with Gasteiger partial charge in [0, 0.05) is 18.8 Å². The number of ether oxygens (including phenoxy) is 1. The molecule has 0 aromatic heterocycles. The summed E-state index contributed by atoms with van der Waals surface area (Å²) in [6.45, 7) is 8.46. The number of aryl methyl sites for hydroxylation is 2. The molecule has 2 N–H and O–H groups in total. The standard InChI is InChI=1S/C18H23N3O2S/c1-11-4-5-12(2)14(10-11)16-15(13(3)19-18(24)20-16)17(22)21-6-8-23-9-7-21/h4-5,10,16H,6-9H2,1-3H3,(H2,19,20,24)/t16-/m1/s1. The van der Waals surface area contributed by atoms with Crippen LogP contribution in [0.1, 0.15) is 29.7 Å². The van der Waals surface area contributed by atoms with Gasteiger partial charge in [-0.25, -0.2) is 0 Å². The van der Waals surface area contributed by atoms with Gasteiger partial charge in [-0.15, -0.1) is 0 Å². The molecule has 1 saturated heterocycles. The largest absolute Gasteiger partial charge is 0.378 e. The molecule has 1 aromatic rings. The van der Waals surface area contributed by atoms with Crippen LogP contribution < -0.4 is 10.6 Å². The summed E-state index contributed by atoms with van der Waals surface area (Å²) in [6.07, 6.45) is 0. The Morgan fingerprint density at radius 3 is 2.67 bits per heavy atom. The number of rotatable bonds is 2. The lowest BCUT2D eigenvalue weighted by Gasteiger charge is -2.35. The Morgan fingerprint density at radius 1 is 1.25 bits per heavy atom. The van der Waals surface area contributed by atoms with Gasteiger partial charge in [-0.05, 0) is 44.1 Å². The summed E-state index contributed by atoms with van der Waals surface area (Å²) < 4.78 is 5.37. The van der Waals surface area contributed by atoms with Gasteiger partial charge in [0.15, 0.2) is 5.11 Å². The molecule has 0 unspecified atom stereocenters. The number of hydrogen-bond donors (Lipinski definition) is 2. The molecule has 0 spiro atoms. The number of allylic oxidation sites excluding steroid dienone is 1. The molecule has 1 fully saturated rings. The maximum Gasteiger partial charge on any atom is 0.254 e. The first-order valence-corrected chi connectivity index (χ1v) is 8.60. The van der Waals surface area contributed by atoms with Crippen molar-refractivity contribution < 1.29 is 9.53 Å². The molecular weight excluding hydrogens is 322 g/mol. The molecular formula is C18H23N3O2S. The second-order valence-corrected chi connectivity index (χ2v) is 6.74. The van der Waals surface area contributed by atoms with E-state index >= 15 is 0 Å². The van der Waals surface area contributed by atoms with Gasteiger partial charge in [-0.3, -0.25) is 4.79 Å². The zero-order valence-corrected chi connectivity index (χ0v) is 15.1. The van der Waals surface area contributed by atoms with Crippen molar-refractivity contribution in [1.29, 1.82) is 0 Å². The van der Waals surface area contributed by atoms with Gasteiger partial charge in [-0.1, -0.05) is 23.8 Å². The molecule has 128 valence electrons. The lowest BCUT2D eigenvalue weighted by Crippen LogP contribution is -2.49. The van der Waals surface area contributed by atoms with Crippen molar-refractivity contribution >= 4 is 23.2 Å². The van der Waals surface area contributed by atoms with E-state index < -0.39 is 0 Å². The number of benzene rings is 1. The first-order valence-electron chi connectivity index (χ1n) is 8.20. The number of carbonyl (C=O) groups excluding carboxylic acids is 1. The summed E-state index contributed by atoms with van der Waals surface area (Å²) in [5.41, 5.74) is 4.95. The van der Waals surface area contributed by atoms with E-state index in [1.807, 2.05) is 11.8 Å². The number of nitrogens with zero attached hydrogens (tertiary/aromatic N) is 1. The molecule has 24 heavy (non-hydrogen) atoms. The molecule has 3 rings (SSSR count). The van der Waals surface area contributed by atoms with Crippen LogP contribution in [0.4, 0.5) is 0 Å². The summed E-state index contributed by atoms with van der Waals surface area (Å²) in [5, 5.41) is 6.94. The third kappa shape index (κ3) is 3.30. The Bertz CT molecular complexity index is 708. The molecule has 0 radical (unpaired) electrons. The molecule has 2 aliphatic heterocycles. The SMILES string of the molecule is CC1=C(C(=O)N2CCOCC2)[C@@H](c2cc(C)ccc2C)NC(=S)N1. The van der Waals surface area contributed by atoms with Gasteiger partial charge in [0.2, 0.25) is 0 Å². The average Bonchev–Trinajstić information content (AvgIpc) is 2.56. The molecule has 5 nitrogen and oxygen atoms in total. The van der Waals surface area contributed by atoms with Crippen LogP contribution in [-0.4, -0.2) is 42.2 Å². The van der Waals surface area contributed by atoms with Gasteiger partial charge >= 0.3 is 0 Å². The minimum Gasteiger partial charge on any atom is -0.378 e. The summed E-state index contributed by atoms with van der Waals surface area (Å²) in [4.78, 5) is 15.0. The van der Waals surface area contributed by atoms with Crippen molar-refractivity contribution in [3.8, 4) is 0 Å². The maximum absolute atomic E-state index is 13.1. The Labute approximate surface area is 148 Å². The molecule has 2 heterocycles. The Hall–Kier alpha value is -1.92. The van der Waals surface area contributed by atoms with Crippen LogP contribution in [0, 0.1) is 13.8 Å². The summed E-state index contributed by atoms with van der Waals surface area (Å²) in [6, 6.07) is 6.07. The topological polar surface area (TPSA) is 53.6 Å². The zero-order valence-electron chi connectivity index (χ0n) is 14.3. The highest BCUT2D eigenvalue weighted by molar-refractivity contribution is 7.80. The van der Waals surface area contributed by atoms with Gasteiger partial charge in [0.25, 0.3) is 5.91 Å².